The molecule has 1 aromatic heterocycles. The maximum atomic E-state index is 12.1. The lowest BCUT2D eigenvalue weighted by atomic mass is 10.1. The minimum atomic E-state index is -0.297. The number of unbranched alkanes of at least 4 members (excludes halogenated alkanes) is 10. The standard InChI is InChI=1S/C34H44N2O3S/c1-3-5-7-9-11-12-13-14-16-18-32(37)39-31-25-21-29(22-26-31)34-36-35-33(40-34)28-19-23-30(24-20-28)38-27-17-15-10-8-6-4-2/h13,16,19-26H,3-12,15,17-18,27H2,1-2H3. The van der Waals surface area contributed by atoms with Crippen LogP contribution in [0.25, 0.3) is 21.1 Å². The molecule has 0 spiro atoms. The van der Waals surface area contributed by atoms with Gasteiger partial charge in [-0.1, -0.05) is 83.0 Å². The Balaban J connectivity index is 1.41. The van der Waals surface area contributed by atoms with E-state index in [0.29, 0.717) is 5.75 Å². The van der Waals surface area contributed by atoms with Crippen LogP contribution in [0.3, 0.4) is 0 Å². The van der Waals surface area contributed by atoms with Crippen LogP contribution < -0.4 is 9.47 Å². The molecule has 40 heavy (non-hydrogen) atoms. The molecule has 6 heteroatoms. The van der Waals surface area contributed by atoms with Crippen LogP contribution in [0.2, 0.25) is 0 Å². The molecule has 3 aromatic rings. The molecule has 0 aliphatic carbocycles. The Bertz CT molecular complexity index is 1180. The van der Waals surface area contributed by atoms with Crippen molar-refractivity contribution in [3.8, 4) is 32.6 Å². The number of nitrogens with zero attached hydrogens (tertiary/aromatic N) is 2. The second-order valence-electron chi connectivity index (χ2n) is 10.0. The van der Waals surface area contributed by atoms with Crippen LogP contribution in [0.5, 0.6) is 11.5 Å². The molecule has 214 valence electrons. The fraction of sp³-hybridized carbons (Fsp3) is 0.471. The zero-order chi connectivity index (χ0) is 28.3. The van der Waals surface area contributed by atoms with Gasteiger partial charge in [0.1, 0.15) is 21.5 Å². The smallest absolute Gasteiger partial charge is 0.315 e. The van der Waals surface area contributed by atoms with Crippen molar-refractivity contribution in [1.82, 2.24) is 10.2 Å². The molecule has 0 atom stereocenters. The highest BCUT2D eigenvalue weighted by Crippen LogP contribution is 2.31. The molecule has 0 fully saturated rings. The van der Waals surface area contributed by atoms with Gasteiger partial charge in [0.2, 0.25) is 0 Å². The SMILES string of the molecule is CCCCCCCC=C=CCC(=O)Oc1ccc(-c2nnc(-c3ccc(OCCCCCCCC)cc3)s2)cc1. The van der Waals surface area contributed by atoms with Crippen LogP contribution in [0.1, 0.15) is 97.3 Å². The first-order chi connectivity index (χ1) is 19.7. The lowest BCUT2D eigenvalue weighted by molar-refractivity contribution is -0.133. The summed E-state index contributed by atoms with van der Waals surface area (Å²) in [5, 5.41) is 10.4. The monoisotopic (exact) mass is 560 g/mol. The molecule has 0 N–H and O–H groups in total. The minimum Gasteiger partial charge on any atom is -0.494 e. The largest absolute Gasteiger partial charge is 0.494 e. The first-order valence-corrected chi connectivity index (χ1v) is 15.8. The van der Waals surface area contributed by atoms with E-state index in [9.17, 15) is 4.79 Å². The predicted molar refractivity (Wildman–Crippen MR) is 166 cm³/mol. The molecule has 0 saturated heterocycles. The number of hydrogen-bond acceptors (Lipinski definition) is 6. The molecule has 0 aliphatic rings. The molecule has 0 aliphatic heterocycles. The Kier molecular flexibility index (Phi) is 14.9. The van der Waals surface area contributed by atoms with Crippen molar-refractivity contribution in [2.75, 3.05) is 6.61 Å². The number of rotatable bonds is 19. The van der Waals surface area contributed by atoms with Gasteiger partial charge in [-0.05, 0) is 79.9 Å². The zero-order valence-corrected chi connectivity index (χ0v) is 25.0. The Morgan fingerprint density at radius 3 is 1.90 bits per heavy atom. The fourth-order valence-corrected chi connectivity index (χ4v) is 5.07. The van der Waals surface area contributed by atoms with Crippen LogP contribution in [-0.4, -0.2) is 22.8 Å². The van der Waals surface area contributed by atoms with E-state index < -0.39 is 0 Å². The second kappa shape index (κ2) is 19.0. The third kappa shape index (κ3) is 11.9. The van der Waals surface area contributed by atoms with E-state index in [1.54, 1.807) is 18.2 Å². The molecule has 0 bridgehead atoms. The van der Waals surface area contributed by atoms with Gasteiger partial charge in [0.25, 0.3) is 0 Å². The van der Waals surface area contributed by atoms with Crippen molar-refractivity contribution < 1.29 is 14.3 Å². The van der Waals surface area contributed by atoms with Gasteiger partial charge >= 0.3 is 5.97 Å². The summed E-state index contributed by atoms with van der Waals surface area (Å²) in [6, 6.07) is 15.4. The summed E-state index contributed by atoms with van der Waals surface area (Å²) in [7, 11) is 0. The minimum absolute atomic E-state index is 0.205. The molecule has 1 heterocycles. The van der Waals surface area contributed by atoms with Gasteiger partial charge in [-0.25, -0.2) is 0 Å². The number of benzene rings is 2. The van der Waals surface area contributed by atoms with Gasteiger partial charge in [0.05, 0.1) is 13.0 Å². The molecular formula is C34H44N2O3S. The summed E-state index contributed by atoms with van der Waals surface area (Å²) < 4.78 is 11.3. The highest BCUT2D eigenvalue weighted by molar-refractivity contribution is 7.17. The van der Waals surface area contributed by atoms with E-state index >= 15 is 0 Å². The van der Waals surface area contributed by atoms with Gasteiger partial charge < -0.3 is 9.47 Å². The molecule has 0 saturated carbocycles. The van der Waals surface area contributed by atoms with Crippen molar-refractivity contribution in [2.24, 2.45) is 0 Å². The van der Waals surface area contributed by atoms with Crippen molar-refractivity contribution in [3.63, 3.8) is 0 Å². The van der Waals surface area contributed by atoms with Gasteiger partial charge in [-0.3, -0.25) is 4.79 Å². The fourth-order valence-electron chi connectivity index (χ4n) is 4.22. The highest BCUT2D eigenvalue weighted by Gasteiger charge is 2.10. The Morgan fingerprint density at radius 2 is 1.27 bits per heavy atom. The summed E-state index contributed by atoms with van der Waals surface area (Å²) in [4.78, 5) is 12.1. The summed E-state index contributed by atoms with van der Waals surface area (Å²) in [6.07, 6.45) is 18.8. The number of carbonyl (C=O) groups excluding carboxylic acids is 1. The molecule has 0 amide bonds. The molecule has 3 rings (SSSR count). The van der Waals surface area contributed by atoms with E-state index in [0.717, 1.165) is 46.3 Å². The summed E-state index contributed by atoms with van der Waals surface area (Å²) in [6.45, 7) is 5.22. The maximum absolute atomic E-state index is 12.1. The third-order valence-corrected chi connectivity index (χ3v) is 7.60. The number of carbonyl (C=O) groups is 1. The first-order valence-electron chi connectivity index (χ1n) is 15.0. The van der Waals surface area contributed by atoms with E-state index in [4.69, 9.17) is 9.47 Å². The summed E-state index contributed by atoms with van der Waals surface area (Å²) in [5.41, 5.74) is 5.04. The first kappa shape index (κ1) is 31.3. The van der Waals surface area contributed by atoms with Crippen molar-refractivity contribution >= 4 is 17.3 Å². The van der Waals surface area contributed by atoms with Crippen LogP contribution in [0, 0.1) is 0 Å². The highest BCUT2D eigenvalue weighted by atomic mass is 32.1. The molecule has 2 aromatic carbocycles. The average molecular weight is 561 g/mol. The van der Waals surface area contributed by atoms with Gasteiger partial charge in [0, 0.05) is 11.1 Å². The van der Waals surface area contributed by atoms with E-state index in [2.05, 4.69) is 29.8 Å². The third-order valence-electron chi connectivity index (χ3n) is 6.58. The van der Waals surface area contributed by atoms with Crippen molar-refractivity contribution in [3.05, 3.63) is 66.4 Å². The summed E-state index contributed by atoms with van der Waals surface area (Å²) in [5.74, 6) is 1.11. The normalized spacial score (nSPS) is 10.7. The van der Waals surface area contributed by atoms with Gasteiger partial charge in [0.15, 0.2) is 0 Å². The number of esters is 1. The van der Waals surface area contributed by atoms with E-state index in [-0.39, 0.29) is 12.4 Å². The van der Waals surface area contributed by atoms with Crippen molar-refractivity contribution in [2.45, 2.75) is 97.3 Å². The lowest BCUT2D eigenvalue weighted by Crippen LogP contribution is -2.05. The van der Waals surface area contributed by atoms with Crippen LogP contribution in [0.4, 0.5) is 0 Å². The molecule has 0 radical (unpaired) electrons. The lowest BCUT2D eigenvalue weighted by Gasteiger charge is -2.06. The van der Waals surface area contributed by atoms with Crippen LogP contribution in [-0.2, 0) is 4.79 Å². The number of aromatic nitrogens is 2. The summed E-state index contributed by atoms with van der Waals surface area (Å²) >= 11 is 1.53. The predicted octanol–water partition coefficient (Wildman–Crippen LogP) is 9.98. The molecule has 0 unspecified atom stereocenters. The number of ether oxygens (including phenoxy) is 2. The molecule has 5 nitrogen and oxygen atoms in total. The van der Waals surface area contributed by atoms with E-state index in [1.165, 1.54) is 75.5 Å². The topological polar surface area (TPSA) is 61.3 Å². The maximum Gasteiger partial charge on any atom is 0.315 e. The van der Waals surface area contributed by atoms with E-state index in [1.807, 2.05) is 42.5 Å². The average Bonchev–Trinajstić information content (AvgIpc) is 3.47. The second-order valence-corrected chi connectivity index (χ2v) is 11.0. The van der Waals surface area contributed by atoms with Gasteiger partial charge in [-0.2, -0.15) is 0 Å². The quantitative estimate of drug-likeness (QED) is 0.0632. The van der Waals surface area contributed by atoms with Crippen LogP contribution >= 0.6 is 11.3 Å². The number of hydrogen-bond donors (Lipinski definition) is 0. The Labute approximate surface area is 244 Å². The van der Waals surface area contributed by atoms with Crippen molar-refractivity contribution in [1.29, 1.82) is 0 Å². The zero-order valence-electron chi connectivity index (χ0n) is 24.2. The van der Waals surface area contributed by atoms with Gasteiger partial charge in [-0.15, -0.1) is 15.9 Å². The van der Waals surface area contributed by atoms with Crippen LogP contribution in [0.15, 0.2) is 66.4 Å². The Hall–Kier alpha value is -3.21. The molecular weight excluding hydrogens is 516 g/mol. The Morgan fingerprint density at radius 1 is 0.725 bits per heavy atom.